The van der Waals surface area contributed by atoms with Crippen LogP contribution in [0.4, 0.5) is 23.0 Å². The van der Waals surface area contributed by atoms with Crippen LogP contribution in [-0.4, -0.2) is 38.8 Å². The quantitative estimate of drug-likeness (QED) is 0.145. The number of hydrazine groups is 1. The van der Waals surface area contributed by atoms with Crippen molar-refractivity contribution in [2.45, 2.75) is 52.4 Å². The van der Waals surface area contributed by atoms with E-state index in [-0.39, 0.29) is 5.91 Å². The van der Waals surface area contributed by atoms with Gasteiger partial charge in [0.25, 0.3) is 10.1 Å². The number of hydrogen-bond acceptors (Lipinski definition) is 7. The first kappa shape index (κ1) is 29.2. The Hall–Kier alpha value is -2.79. The summed E-state index contributed by atoms with van der Waals surface area (Å²) in [5.74, 6) is 0.840. The molecule has 0 aliphatic rings. The van der Waals surface area contributed by atoms with Crippen LogP contribution in [-0.2, 0) is 33.2 Å². The molecule has 0 aliphatic heterocycles. The number of aromatic nitrogens is 2. The van der Waals surface area contributed by atoms with Crippen molar-refractivity contribution in [2.24, 2.45) is 14.1 Å². The Balaban J connectivity index is 0.000000852. The van der Waals surface area contributed by atoms with Gasteiger partial charge < -0.3 is 10.6 Å². The smallest absolute Gasteiger partial charge is 0.378 e. The summed E-state index contributed by atoms with van der Waals surface area (Å²) in [7, 11) is 1.92. The van der Waals surface area contributed by atoms with Crippen molar-refractivity contribution < 1.29 is 22.0 Å². The number of nitrogens with one attached hydrogen (secondary N) is 4. The number of aryl methyl sites for hydroxylation is 2. The average molecular weight is 498 g/mol. The van der Waals surface area contributed by atoms with Crippen molar-refractivity contribution >= 4 is 39.0 Å². The van der Waals surface area contributed by atoms with Crippen LogP contribution in [0.1, 0.15) is 52.4 Å². The molecule has 192 valence electrons. The van der Waals surface area contributed by atoms with E-state index in [1.807, 2.05) is 53.8 Å². The van der Waals surface area contributed by atoms with E-state index < -0.39 is 10.1 Å². The van der Waals surface area contributed by atoms with E-state index in [0.29, 0.717) is 0 Å². The number of rotatable bonds is 13. The molecule has 1 amide bonds. The average Bonchev–Trinajstić information content (AvgIpc) is 3.09. The Labute approximate surface area is 204 Å². The van der Waals surface area contributed by atoms with Gasteiger partial charge in [0.05, 0.1) is 51.2 Å². The van der Waals surface area contributed by atoms with Gasteiger partial charge in [-0.1, -0.05) is 39.0 Å². The normalized spacial score (nSPS) is 10.8. The van der Waals surface area contributed by atoms with Gasteiger partial charge in [0, 0.05) is 19.2 Å². The minimum Gasteiger partial charge on any atom is -0.383 e. The minimum absolute atomic E-state index is 0.0828. The summed E-state index contributed by atoms with van der Waals surface area (Å²) >= 11 is 0. The van der Waals surface area contributed by atoms with E-state index in [9.17, 15) is 13.2 Å². The molecule has 0 atom stereocenters. The summed E-state index contributed by atoms with van der Waals surface area (Å²) in [6.45, 7) is 4.68. The first-order valence-corrected chi connectivity index (χ1v) is 13.3. The fraction of sp³-hybridized carbons (Fsp3) is 0.565. The molecule has 2 aromatic rings. The summed E-state index contributed by atoms with van der Waals surface area (Å²) in [5.41, 5.74) is 9.18. The van der Waals surface area contributed by atoms with Gasteiger partial charge >= 0.3 is 5.95 Å². The highest BCUT2D eigenvalue weighted by molar-refractivity contribution is 7.85. The summed E-state index contributed by atoms with van der Waals surface area (Å²) in [6, 6.07) is 5.84. The molecule has 11 heteroatoms. The SMILES string of the molecule is CCCCCCCCNc1ccc(NC(C)=O)cc1NNc1n(C)cc[n+]1C.COS(C)(=O)=O. The van der Waals surface area contributed by atoms with Gasteiger partial charge in [-0.15, -0.1) is 0 Å². The van der Waals surface area contributed by atoms with Crippen LogP contribution in [0, 0.1) is 0 Å². The molecule has 1 aromatic carbocycles. The zero-order valence-corrected chi connectivity index (χ0v) is 22.1. The Kier molecular flexibility index (Phi) is 13.1. The van der Waals surface area contributed by atoms with Crippen molar-refractivity contribution in [2.75, 3.05) is 41.4 Å². The topological polar surface area (TPSA) is 117 Å². The van der Waals surface area contributed by atoms with Crippen molar-refractivity contribution in [3.8, 4) is 0 Å². The number of carbonyl (C=O) groups is 1. The largest absolute Gasteiger partial charge is 0.383 e. The van der Waals surface area contributed by atoms with E-state index >= 15 is 0 Å². The minimum atomic E-state index is -3.16. The fourth-order valence-electron chi connectivity index (χ4n) is 3.10. The highest BCUT2D eigenvalue weighted by Crippen LogP contribution is 2.26. The van der Waals surface area contributed by atoms with Crippen molar-refractivity contribution in [1.29, 1.82) is 0 Å². The third kappa shape index (κ3) is 11.9. The monoisotopic (exact) mass is 497 g/mol. The summed E-state index contributed by atoms with van der Waals surface area (Å²) in [4.78, 5) is 11.4. The molecule has 0 saturated heterocycles. The Bertz CT molecular complexity index is 972. The molecule has 0 spiro atoms. The van der Waals surface area contributed by atoms with Gasteiger partial charge in [0.1, 0.15) is 0 Å². The molecular formula is C23H41N6O4S+. The van der Waals surface area contributed by atoms with E-state index in [2.05, 4.69) is 32.6 Å². The first-order valence-electron chi connectivity index (χ1n) is 11.5. The molecule has 4 N–H and O–H groups in total. The van der Waals surface area contributed by atoms with E-state index in [4.69, 9.17) is 0 Å². The van der Waals surface area contributed by atoms with Crippen LogP contribution in [0.2, 0.25) is 0 Å². The number of imidazole rings is 1. The second-order valence-corrected chi connectivity index (χ2v) is 9.84. The predicted molar refractivity (Wildman–Crippen MR) is 138 cm³/mol. The van der Waals surface area contributed by atoms with Crippen LogP contribution in [0.5, 0.6) is 0 Å². The molecular weight excluding hydrogens is 456 g/mol. The fourth-order valence-corrected chi connectivity index (χ4v) is 3.10. The second-order valence-electron chi connectivity index (χ2n) is 8.10. The highest BCUT2D eigenvalue weighted by atomic mass is 32.2. The third-order valence-corrected chi connectivity index (χ3v) is 5.58. The molecule has 0 bridgehead atoms. The van der Waals surface area contributed by atoms with Gasteiger partial charge in [-0.2, -0.15) is 13.8 Å². The molecule has 0 saturated carbocycles. The van der Waals surface area contributed by atoms with Crippen molar-refractivity contribution in [3.63, 3.8) is 0 Å². The molecule has 0 radical (unpaired) electrons. The standard InChI is InChI=1S/C21H34N6O.C2H6O3S/c1-5-6-7-8-9-10-13-22-19-12-11-18(23-17(2)28)16-20(19)24-25-21-26(3)14-15-27(21)4;1-5-6(2,3)4/h11-12,14-16,22,24H,5-10,13H2,1-4H3,(H,23,28);1-2H3/p+1. The van der Waals surface area contributed by atoms with Gasteiger partial charge in [0.15, 0.2) is 0 Å². The van der Waals surface area contributed by atoms with Crippen molar-refractivity contribution in [3.05, 3.63) is 30.6 Å². The van der Waals surface area contributed by atoms with Crippen LogP contribution in [0.25, 0.3) is 0 Å². The number of nitrogens with zero attached hydrogens (tertiary/aromatic N) is 2. The van der Waals surface area contributed by atoms with Gasteiger partial charge in [-0.05, 0) is 24.6 Å². The zero-order chi connectivity index (χ0) is 25.6. The van der Waals surface area contributed by atoms with Crippen LogP contribution < -0.4 is 26.1 Å². The van der Waals surface area contributed by atoms with Gasteiger partial charge in [0.2, 0.25) is 5.91 Å². The number of hydrogen-bond donors (Lipinski definition) is 4. The Morgan fingerprint density at radius 2 is 1.74 bits per heavy atom. The third-order valence-electron chi connectivity index (χ3n) is 4.98. The summed E-state index contributed by atoms with van der Waals surface area (Å²) < 4.78 is 27.5. The van der Waals surface area contributed by atoms with Gasteiger partial charge in [-0.25, -0.2) is 14.6 Å². The zero-order valence-electron chi connectivity index (χ0n) is 21.3. The molecule has 0 unspecified atom stereocenters. The summed E-state index contributed by atoms with van der Waals surface area (Å²) in [6.07, 6.45) is 12.6. The Morgan fingerprint density at radius 3 is 2.29 bits per heavy atom. The summed E-state index contributed by atoms with van der Waals surface area (Å²) in [5, 5.41) is 6.35. The van der Waals surface area contributed by atoms with Crippen LogP contribution in [0.15, 0.2) is 30.6 Å². The maximum absolute atomic E-state index is 11.4. The number of anilines is 4. The molecule has 1 heterocycles. The van der Waals surface area contributed by atoms with Crippen LogP contribution in [0.3, 0.4) is 0 Å². The maximum Gasteiger partial charge on any atom is 0.378 e. The van der Waals surface area contributed by atoms with E-state index in [0.717, 1.165) is 49.3 Å². The lowest BCUT2D eigenvalue weighted by Crippen LogP contribution is -2.32. The molecule has 0 aliphatic carbocycles. The molecule has 10 nitrogen and oxygen atoms in total. The highest BCUT2D eigenvalue weighted by Gasteiger charge is 2.12. The molecule has 0 fully saturated rings. The molecule has 1 aromatic heterocycles. The second kappa shape index (κ2) is 15.2. The number of amides is 1. The van der Waals surface area contributed by atoms with E-state index in [1.165, 1.54) is 39.0 Å². The molecule has 34 heavy (non-hydrogen) atoms. The van der Waals surface area contributed by atoms with Crippen molar-refractivity contribution in [1.82, 2.24) is 4.57 Å². The lowest BCUT2D eigenvalue weighted by atomic mass is 10.1. The molecule has 2 rings (SSSR count). The number of carbonyl (C=O) groups excluding carboxylic acids is 1. The Morgan fingerprint density at radius 1 is 1.09 bits per heavy atom. The predicted octanol–water partition coefficient (Wildman–Crippen LogP) is 3.61. The lowest BCUT2D eigenvalue weighted by Gasteiger charge is -2.15. The maximum atomic E-state index is 11.4. The van der Waals surface area contributed by atoms with Crippen LogP contribution >= 0.6 is 0 Å². The lowest BCUT2D eigenvalue weighted by molar-refractivity contribution is -0.656. The van der Waals surface area contributed by atoms with Gasteiger partial charge in [-0.3, -0.25) is 8.98 Å². The first-order chi connectivity index (χ1) is 16.1. The number of unbranched alkanes of at least 4 members (excludes halogenated alkanes) is 5. The number of benzene rings is 1. The van der Waals surface area contributed by atoms with E-state index in [1.54, 1.807) is 0 Å².